The maximum absolute atomic E-state index is 11.9. The minimum absolute atomic E-state index is 0.00662. The number of methoxy groups -OCH3 is 2. The Bertz CT molecular complexity index is 822. The van der Waals surface area contributed by atoms with E-state index in [0.717, 1.165) is 0 Å². The van der Waals surface area contributed by atoms with E-state index in [-0.39, 0.29) is 29.5 Å². The van der Waals surface area contributed by atoms with Gasteiger partial charge in [-0.3, -0.25) is 9.59 Å². The third-order valence-electron chi connectivity index (χ3n) is 3.68. The van der Waals surface area contributed by atoms with Crippen LogP contribution in [0.25, 0.3) is 12.2 Å². The van der Waals surface area contributed by atoms with Crippen molar-refractivity contribution in [2.24, 2.45) is 0 Å². The van der Waals surface area contributed by atoms with Crippen LogP contribution in [0.3, 0.4) is 0 Å². The van der Waals surface area contributed by atoms with Gasteiger partial charge in [0.05, 0.1) is 20.6 Å². The highest BCUT2D eigenvalue weighted by atomic mass is 16.5. The summed E-state index contributed by atoms with van der Waals surface area (Å²) in [5, 5.41) is 19.1. The third kappa shape index (κ3) is 5.74. The van der Waals surface area contributed by atoms with Gasteiger partial charge in [0, 0.05) is 0 Å². The molecule has 0 amide bonds. The van der Waals surface area contributed by atoms with E-state index in [1.165, 1.54) is 38.5 Å². The molecule has 0 bridgehead atoms. The lowest BCUT2D eigenvalue weighted by molar-refractivity contribution is -0.121. The number of ketones is 2. The van der Waals surface area contributed by atoms with Gasteiger partial charge >= 0.3 is 0 Å². The first-order valence-electron chi connectivity index (χ1n) is 8.08. The van der Waals surface area contributed by atoms with Crippen molar-refractivity contribution in [3.63, 3.8) is 0 Å². The van der Waals surface area contributed by atoms with Gasteiger partial charge in [0.15, 0.2) is 34.6 Å². The summed E-state index contributed by atoms with van der Waals surface area (Å²) in [4.78, 5) is 23.9. The number of rotatable bonds is 8. The van der Waals surface area contributed by atoms with Crippen molar-refractivity contribution in [2.45, 2.75) is 6.42 Å². The molecule has 140 valence electrons. The van der Waals surface area contributed by atoms with Gasteiger partial charge in [-0.2, -0.15) is 0 Å². The van der Waals surface area contributed by atoms with Gasteiger partial charge in [-0.05, 0) is 47.5 Å². The molecule has 0 aliphatic heterocycles. The lowest BCUT2D eigenvalue weighted by Crippen LogP contribution is -2.01. The normalized spacial score (nSPS) is 11.0. The van der Waals surface area contributed by atoms with E-state index >= 15 is 0 Å². The van der Waals surface area contributed by atoms with E-state index in [1.54, 1.807) is 36.4 Å². The van der Waals surface area contributed by atoms with Crippen LogP contribution in [-0.2, 0) is 9.59 Å². The van der Waals surface area contributed by atoms with Crippen LogP contribution < -0.4 is 9.47 Å². The molecule has 0 spiro atoms. The molecule has 2 rings (SSSR count). The molecule has 0 radical (unpaired) electrons. The van der Waals surface area contributed by atoms with E-state index in [9.17, 15) is 19.8 Å². The van der Waals surface area contributed by atoms with E-state index in [4.69, 9.17) is 9.47 Å². The number of allylic oxidation sites excluding steroid dienone is 2. The molecule has 0 saturated carbocycles. The average molecular weight is 368 g/mol. The van der Waals surface area contributed by atoms with Crippen molar-refractivity contribution in [1.29, 1.82) is 0 Å². The number of carbonyl (C=O) groups excluding carboxylic acids is 2. The number of ether oxygens (including phenoxy) is 2. The molecule has 6 nitrogen and oxygen atoms in total. The lowest BCUT2D eigenvalue weighted by atomic mass is 10.1. The predicted octanol–water partition coefficient (Wildman–Crippen LogP) is 3.37. The summed E-state index contributed by atoms with van der Waals surface area (Å²) in [6, 6.07) is 9.34. The van der Waals surface area contributed by atoms with Crippen LogP contribution in [0.2, 0.25) is 0 Å². The molecular weight excluding hydrogens is 348 g/mol. The molecule has 2 aromatic rings. The van der Waals surface area contributed by atoms with Crippen LogP contribution in [0.4, 0.5) is 0 Å². The Kier molecular flexibility index (Phi) is 6.77. The van der Waals surface area contributed by atoms with E-state index < -0.39 is 0 Å². The third-order valence-corrected chi connectivity index (χ3v) is 3.68. The van der Waals surface area contributed by atoms with Crippen molar-refractivity contribution >= 4 is 23.7 Å². The number of carbonyl (C=O) groups is 2. The van der Waals surface area contributed by atoms with Crippen LogP contribution in [0.1, 0.15) is 17.5 Å². The highest BCUT2D eigenvalue weighted by Gasteiger charge is 2.06. The molecule has 27 heavy (non-hydrogen) atoms. The van der Waals surface area contributed by atoms with Crippen molar-refractivity contribution < 1.29 is 29.3 Å². The summed E-state index contributed by atoms with van der Waals surface area (Å²) in [6.45, 7) is 0. The van der Waals surface area contributed by atoms with Crippen LogP contribution >= 0.6 is 0 Å². The second-order valence-electron chi connectivity index (χ2n) is 5.64. The maximum atomic E-state index is 11.9. The monoisotopic (exact) mass is 368 g/mol. The number of phenolic OH excluding ortho intramolecular Hbond substituents is 2. The van der Waals surface area contributed by atoms with Crippen LogP contribution in [0.15, 0.2) is 48.6 Å². The number of benzene rings is 2. The molecule has 0 fully saturated rings. The van der Waals surface area contributed by atoms with Gasteiger partial charge in [0.25, 0.3) is 0 Å². The first-order chi connectivity index (χ1) is 12.9. The van der Waals surface area contributed by atoms with Gasteiger partial charge in [-0.25, -0.2) is 0 Å². The number of phenols is 2. The zero-order valence-corrected chi connectivity index (χ0v) is 15.0. The highest BCUT2D eigenvalue weighted by Crippen LogP contribution is 2.27. The molecule has 0 heterocycles. The fourth-order valence-corrected chi connectivity index (χ4v) is 2.26. The highest BCUT2D eigenvalue weighted by molar-refractivity contribution is 6.10. The SMILES string of the molecule is COc1cc(/C=C\C(=O)CC(=O)/C=C/c2ccc(O)c(OC)c2)ccc1O. The minimum atomic E-state index is -0.347. The molecule has 2 N–H and O–H groups in total. The second-order valence-corrected chi connectivity index (χ2v) is 5.64. The van der Waals surface area contributed by atoms with Crippen molar-refractivity contribution in [3.8, 4) is 23.0 Å². The zero-order valence-electron chi connectivity index (χ0n) is 15.0. The lowest BCUT2D eigenvalue weighted by Gasteiger charge is -2.03. The van der Waals surface area contributed by atoms with Gasteiger partial charge in [0.1, 0.15) is 0 Å². The molecular formula is C21H20O6. The summed E-state index contributed by atoms with van der Waals surface area (Å²) in [6.07, 6.45) is 5.44. The summed E-state index contributed by atoms with van der Waals surface area (Å²) in [7, 11) is 2.87. The topological polar surface area (TPSA) is 93.1 Å². The first-order valence-corrected chi connectivity index (χ1v) is 8.08. The Labute approximate surface area is 157 Å². The van der Waals surface area contributed by atoms with Gasteiger partial charge < -0.3 is 19.7 Å². The second kappa shape index (κ2) is 9.24. The van der Waals surface area contributed by atoms with Crippen molar-refractivity contribution in [3.05, 3.63) is 59.7 Å². The number of aromatic hydroxyl groups is 2. The molecule has 0 saturated heterocycles. The zero-order chi connectivity index (χ0) is 19.8. The number of hydrogen-bond acceptors (Lipinski definition) is 6. The Morgan fingerprint density at radius 1 is 0.815 bits per heavy atom. The minimum Gasteiger partial charge on any atom is -0.504 e. The number of hydrogen-bond donors (Lipinski definition) is 2. The van der Waals surface area contributed by atoms with Crippen molar-refractivity contribution in [2.75, 3.05) is 14.2 Å². The standard InChI is InChI=1S/C21H20O6/c1-26-20-11-14(5-9-18(20)24)3-7-16(22)13-17(23)8-4-15-6-10-19(25)21(12-15)27-2/h3-12,24-25H,13H2,1-2H3/b7-3-,8-4+. The van der Waals surface area contributed by atoms with Gasteiger partial charge in [-0.15, -0.1) is 0 Å². The van der Waals surface area contributed by atoms with Crippen molar-refractivity contribution in [1.82, 2.24) is 0 Å². The maximum Gasteiger partial charge on any atom is 0.163 e. The van der Waals surface area contributed by atoms with E-state index in [1.807, 2.05) is 0 Å². The molecule has 2 aromatic carbocycles. The molecule has 0 aromatic heterocycles. The smallest absolute Gasteiger partial charge is 0.163 e. The van der Waals surface area contributed by atoms with Gasteiger partial charge in [-0.1, -0.05) is 24.3 Å². The van der Waals surface area contributed by atoms with Crippen LogP contribution in [0, 0.1) is 0 Å². The first kappa shape index (κ1) is 19.8. The van der Waals surface area contributed by atoms with E-state index in [0.29, 0.717) is 22.6 Å². The molecule has 0 aliphatic rings. The predicted molar refractivity (Wildman–Crippen MR) is 102 cm³/mol. The molecule has 0 unspecified atom stereocenters. The Morgan fingerprint density at radius 2 is 1.22 bits per heavy atom. The summed E-state index contributed by atoms with van der Waals surface area (Å²) in [5.41, 5.74) is 1.33. The molecule has 6 heteroatoms. The Morgan fingerprint density at radius 3 is 1.59 bits per heavy atom. The largest absolute Gasteiger partial charge is 0.504 e. The fraction of sp³-hybridized carbons (Fsp3) is 0.143. The van der Waals surface area contributed by atoms with Crippen LogP contribution in [0.5, 0.6) is 23.0 Å². The Hall–Kier alpha value is -3.54. The fourth-order valence-electron chi connectivity index (χ4n) is 2.26. The Balaban J connectivity index is 1.96. The summed E-state index contributed by atoms with van der Waals surface area (Å²) < 4.78 is 10.00. The molecule has 0 aliphatic carbocycles. The summed E-state index contributed by atoms with van der Waals surface area (Å²) in [5.74, 6) is -0.0832. The van der Waals surface area contributed by atoms with E-state index in [2.05, 4.69) is 0 Å². The van der Waals surface area contributed by atoms with Crippen LogP contribution in [-0.4, -0.2) is 36.0 Å². The quantitative estimate of drug-likeness (QED) is 0.548. The summed E-state index contributed by atoms with van der Waals surface area (Å²) >= 11 is 0. The van der Waals surface area contributed by atoms with Gasteiger partial charge in [0.2, 0.25) is 0 Å². The average Bonchev–Trinajstić information content (AvgIpc) is 2.66. The molecule has 0 atom stereocenters.